The van der Waals surface area contributed by atoms with Crippen molar-refractivity contribution in [2.75, 3.05) is 5.75 Å². The quantitative estimate of drug-likeness (QED) is 0.798. The van der Waals surface area contributed by atoms with Gasteiger partial charge in [0, 0.05) is 16.0 Å². The van der Waals surface area contributed by atoms with Crippen LogP contribution in [-0.2, 0) is 10.8 Å². The first-order chi connectivity index (χ1) is 9.49. The van der Waals surface area contributed by atoms with Crippen molar-refractivity contribution in [3.63, 3.8) is 0 Å². The van der Waals surface area contributed by atoms with Crippen LogP contribution in [-0.4, -0.2) is 21.0 Å². The number of carbonyl (C=O) groups excluding carboxylic acids is 1. The highest BCUT2D eigenvalue weighted by atomic mass is 32.2. The van der Waals surface area contributed by atoms with E-state index in [1.54, 1.807) is 0 Å². The monoisotopic (exact) mass is 300 g/mol. The zero-order chi connectivity index (χ0) is 14.7. The van der Waals surface area contributed by atoms with Crippen LogP contribution >= 0.6 is 0 Å². The third-order valence-electron chi connectivity index (χ3n) is 3.78. The lowest BCUT2D eigenvalue weighted by atomic mass is 9.91. The van der Waals surface area contributed by atoms with Crippen LogP contribution < -0.4 is 0 Å². The van der Waals surface area contributed by atoms with Gasteiger partial charge in [-0.15, -0.1) is 0 Å². The van der Waals surface area contributed by atoms with Crippen LogP contribution in [0, 0.1) is 17.6 Å². The first-order valence-electron chi connectivity index (χ1n) is 6.83. The van der Waals surface area contributed by atoms with Crippen molar-refractivity contribution in [2.45, 2.75) is 37.9 Å². The SMILES string of the molecule is CC1CCCC(S(=O)CC(=O)c2c(F)cccc2F)C1. The molecule has 2 nitrogen and oxygen atoms in total. The van der Waals surface area contributed by atoms with E-state index in [-0.39, 0.29) is 11.0 Å². The minimum Gasteiger partial charge on any atom is -0.293 e. The second-order valence-corrected chi connectivity index (χ2v) is 7.16. The lowest BCUT2D eigenvalue weighted by molar-refractivity contribution is 0.101. The first-order valence-corrected chi connectivity index (χ1v) is 8.21. The fourth-order valence-corrected chi connectivity index (χ4v) is 4.31. The van der Waals surface area contributed by atoms with Crippen LogP contribution in [0.15, 0.2) is 18.2 Å². The molecule has 0 heterocycles. The highest BCUT2D eigenvalue weighted by molar-refractivity contribution is 7.86. The van der Waals surface area contributed by atoms with Crippen molar-refractivity contribution in [1.29, 1.82) is 0 Å². The molecule has 0 N–H and O–H groups in total. The van der Waals surface area contributed by atoms with Gasteiger partial charge in [-0.05, 0) is 30.9 Å². The minimum atomic E-state index is -1.36. The normalized spacial score (nSPS) is 24.4. The van der Waals surface area contributed by atoms with Crippen LogP contribution in [0.3, 0.4) is 0 Å². The third-order valence-corrected chi connectivity index (χ3v) is 5.49. The van der Waals surface area contributed by atoms with Crippen LogP contribution in [0.5, 0.6) is 0 Å². The molecule has 1 aromatic rings. The molecule has 0 aliphatic heterocycles. The topological polar surface area (TPSA) is 34.1 Å². The molecule has 0 aromatic heterocycles. The van der Waals surface area contributed by atoms with Gasteiger partial charge in [0.15, 0.2) is 5.78 Å². The van der Waals surface area contributed by atoms with Gasteiger partial charge in [-0.1, -0.05) is 25.8 Å². The molecule has 1 aromatic carbocycles. The van der Waals surface area contributed by atoms with E-state index < -0.39 is 33.8 Å². The number of halogens is 2. The smallest absolute Gasteiger partial charge is 0.181 e. The molecule has 2 rings (SSSR count). The van der Waals surface area contributed by atoms with Crippen LogP contribution in [0.1, 0.15) is 43.0 Å². The fraction of sp³-hybridized carbons (Fsp3) is 0.533. The summed E-state index contributed by atoms with van der Waals surface area (Å²) in [6, 6.07) is 3.30. The van der Waals surface area contributed by atoms with E-state index in [1.165, 1.54) is 6.07 Å². The lowest BCUT2D eigenvalue weighted by Crippen LogP contribution is -2.27. The molecule has 1 aliphatic carbocycles. The summed E-state index contributed by atoms with van der Waals surface area (Å²) in [7, 11) is -1.36. The summed E-state index contributed by atoms with van der Waals surface area (Å²) in [4.78, 5) is 11.9. The zero-order valence-electron chi connectivity index (χ0n) is 11.4. The summed E-state index contributed by atoms with van der Waals surface area (Å²) in [5.74, 6) is -2.28. The molecule has 3 atom stereocenters. The Hall–Kier alpha value is -1.10. The van der Waals surface area contributed by atoms with E-state index in [0.29, 0.717) is 5.92 Å². The van der Waals surface area contributed by atoms with Crippen molar-refractivity contribution in [2.24, 2.45) is 5.92 Å². The Morgan fingerprint density at radius 3 is 2.55 bits per heavy atom. The number of Topliss-reactive ketones (excluding diaryl/α,β-unsaturated/α-hetero) is 1. The second-order valence-electron chi connectivity index (χ2n) is 5.44. The molecule has 5 heteroatoms. The summed E-state index contributed by atoms with van der Waals surface area (Å²) in [5, 5.41) is -0.0301. The van der Waals surface area contributed by atoms with Gasteiger partial charge >= 0.3 is 0 Å². The Morgan fingerprint density at radius 2 is 1.95 bits per heavy atom. The maximum absolute atomic E-state index is 13.5. The number of hydrogen-bond donors (Lipinski definition) is 0. The van der Waals surface area contributed by atoms with Crippen LogP contribution in [0.2, 0.25) is 0 Å². The molecule has 1 fully saturated rings. The molecule has 1 aliphatic rings. The van der Waals surface area contributed by atoms with E-state index in [4.69, 9.17) is 0 Å². The highest BCUT2D eigenvalue weighted by Gasteiger charge is 2.27. The highest BCUT2D eigenvalue weighted by Crippen LogP contribution is 2.27. The summed E-state index contributed by atoms with van der Waals surface area (Å²) in [6.45, 7) is 2.10. The van der Waals surface area contributed by atoms with Gasteiger partial charge in [0.2, 0.25) is 0 Å². The number of carbonyl (C=O) groups is 1. The van der Waals surface area contributed by atoms with Crippen molar-refractivity contribution >= 4 is 16.6 Å². The number of hydrogen-bond acceptors (Lipinski definition) is 2. The van der Waals surface area contributed by atoms with Crippen LogP contribution in [0.25, 0.3) is 0 Å². The van der Waals surface area contributed by atoms with Crippen LogP contribution in [0.4, 0.5) is 8.78 Å². The van der Waals surface area contributed by atoms with Gasteiger partial charge in [0.1, 0.15) is 11.6 Å². The second kappa shape index (κ2) is 6.57. The molecule has 0 saturated heterocycles. The largest absolute Gasteiger partial charge is 0.293 e. The average molecular weight is 300 g/mol. The van der Waals surface area contributed by atoms with Crippen molar-refractivity contribution < 1.29 is 17.8 Å². The maximum Gasteiger partial charge on any atom is 0.181 e. The summed E-state index contributed by atoms with van der Waals surface area (Å²) in [6.07, 6.45) is 3.76. The predicted molar refractivity (Wildman–Crippen MR) is 75.1 cm³/mol. The molecule has 0 radical (unpaired) electrons. The summed E-state index contributed by atoms with van der Waals surface area (Å²) >= 11 is 0. The summed E-state index contributed by atoms with van der Waals surface area (Å²) in [5.41, 5.74) is -0.565. The molecule has 3 unspecified atom stereocenters. The first kappa shape index (κ1) is 15.3. The number of benzene rings is 1. The van der Waals surface area contributed by atoms with Crippen molar-refractivity contribution in [3.8, 4) is 0 Å². The molecule has 0 amide bonds. The average Bonchev–Trinajstić information content (AvgIpc) is 2.38. The molecule has 1 saturated carbocycles. The Morgan fingerprint density at radius 1 is 1.30 bits per heavy atom. The van der Waals surface area contributed by atoms with Gasteiger partial charge < -0.3 is 0 Å². The van der Waals surface area contributed by atoms with E-state index in [1.807, 2.05) is 0 Å². The zero-order valence-corrected chi connectivity index (χ0v) is 12.2. The predicted octanol–water partition coefficient (Wildman–Crippen LogP) is 3.47. The Bertz CT molecular complexity index is 510. The van der Waals surface area contributed by atoms with E-state index >= 15 is 0 Å². The molecular formula is C15H18F2O2S. The van der Waals surface area contributed by atoms with E-state index in [0.717, 1.165) is 37.8 Å². The minimum absolute atomic E-state index is 0.0301. The van der Waals surface area contributed by atoms with Gasteiger partial charge in [-0.3, -0.25) is 9.00 Å². The van der Waals surface area contributed by atoms with Gasteiger partial charge in [-0.2, -0.15) is 0 Å². The maximum atomic E-state index is 13.5. The van der Waals surface area contributed by atoms with Crippen molar-refractivity contribution in [3.05, 3.63) is 35.4 Å². The summed E-state index contributed by atoms with van der Waals surface area (Å²) < 4.78 is 39.2. The molecular weight excluding hydrogens is 282 g/mol. The molecule has 0 spiro atoms. The molecule has 0 bridgehead atoms. The van der Waals surface area contributed by atoms with E-state index in [2.05, 4.69) is 6.92 Å². The number of ketones is 1. The Labute approximate surface area is 120 Å². The molecule has 110 valence electrons. The van der Waals surface area contributed by atoms with Gasteiger partial charge in [0.25, 0.3) is 0 Å². The Balaban J connectivity index is 2.06. The molecule has 20 heavy (non-hydrogen) atoms. The van der Waals surface area contributed by atoms with Gasteiger partial charge in [0.05, 0.1) is 11.3 Å². The number of rotatable bonds is 4. The lowest BCUT2D eigenvalue weighted by Gasteiger charge is -2.25. The van der Waals surface area contributed by atoms with E-state index in [9.17, 15) is 17.8 Å². The van der Waals surface area contributed by atoms with Crippen molar-refractivity contribution in [1.82, 2.24) is 0 Å². The standard InChI is InChI=1S/C15H18F2O2S/c1-10-4-2-5-11(8-10)20(19)9-14(18)15-12(16)6-3-7-13(15)17/h3,6-7,10-11H,2,4-5,8-9H2,1H3. The Kier molecular flexibility index (Phi) is 5.02. The third kappa shape index (κ3) is 3.51. The van der Waals surface area contributed by atoms with Gasteiger partial charge in [-0.25, -0.2) is 8.78 Å². The fourth-order valence-electron chi connectivity index (χ4n) is 2.70.